The molecule has 0 amide bonds. The van der Waals surface area contributed by atoms with Gasteiger partial charge in [0.05, 0.1) is 5.92 Å². The van der Waals surface area contributed by atoms with Crippen molar-refractivity contribution in [3.05, 3.63) is 159 Å². The molecule has 0 aromatic heterocycles. The van der Waals surface area contributed by atoms with E-state index in [-0.39, 0.29) is 46.0 Å². The highest BCUT2D eigenvalue weighted by Crippen LogP contribution is 2.70. The predicted octanol–water partition coefficient (Wildman–Crippen LogP) is 7.76. The summed E-state index contributed by atoms with van der Waals surface area (Å²) in [5, 5.41) is 86.5. The molecule has 6 aromatic rings. The van der Waals surface area contributed by atoms with E-state index < -0.39 is 35.7 Å². The third-order valence-electron chi connectivity index (χ3n) is 10.8. The van der Waals surface area contributed by atoms with Crippen LogP contribution in [0.15, 0.2) is 109 Å². The molecular formula is C42H32O9. The Balaban J connectivity index is 1.43. The maximum Gasteiger partial charge on any atom is 0.135 e. The Kier molecular flexibility index (Phi) is 6.60. The fraction of sp³-hybridized carbons (Fsp3) is 0.143. The van der Waals surface area contributed by atoms with Gasteiger partial charge in [-0.3, -0.25) is 0 Å². The van der Waals surface area contributed by atoms with Gasteiger partial charge in [-0.1, -0.05) is 30.3 Å². The van der Waals surface area contributed by atoms with Crippen molar-refractivity contribution in [3.63, 3.8) is 0 Å². The van der Waals surface area contributed by atoms with Gasteiger partial charge in [0.25, 0.3) is 0 Å². The molecule has 1 heterocycles. The van der Waals surface area contributed by atoms with Crippen LogP contribution < -0.4 is 4.74 Å². The smallest absolute Gasteiger partial charge is 0.135 e. The van der Waals surface area contributed by atoms with Crippen molar-refractivity contribution in [2.24, 2.45) is 0 Å². The van der Waals surface area contributed by atoms with Gasteiger partial charge in [0, 0.05) is 58.6 Å². The topological polar surface area (TPSA) is 171 Å². The molecule has 1 aliphatic heterocycles. The molecule has 0 radical (unpaired) electrons. The van der Waals surface area contributed by atoms with E-state index >= 15 is 0 Å². The number of aromatic hydroxyl groups is 8. The van der Waals surface area contributed by atoms with Crippen molar-refractivity contribution in [2.45, 2.75) is 35.7 Å². The largest absolute Gasteiger partial charge is 0.508 e. The third kappa shape index (κ3) is 4.69. The van der Waals surface area contributed by atoms with E-state index in [4.69, 9.17) is 4.74 Å². The number of phenols is 8. The van der Waals surface area contributed by atoms with Crippen molar-refractivity contribution in [1.82, 2.24) is 0 Å². The molecule has 0 spiro atoms. The lowest BCUT2D eigenvalue weighted by molar-refractivity contribution is 0.220. The number of hydrogen-bond donors (Lipinski definition) is 8. The highest BCUT2D eigenvalue weighted by atomic mass is 16.5. The van der Waals surface area contributed by atoms with Crippen molar-refractivity contribution in [2.75, 3.05) is 0 Å². The Morgan fingerprint density at radius 3 is 1.51 bits per heavy atom. The molecular weight excluding hydrogens is 648 g/mol. The molecule has 51 heavy (non-hydrogen) atoms. The van der Waals surface area contributed by atoms with Gasteiger partial charge < -0.3 is 45.6 Å². The Morgan fingerprint density at radius 1 is 0.353 bits per heavy atom. The summed E-state index contributed by atoms with van der Waals surface area (Å²) in [6.07, 6.45) is -0.762. The second-order valence-electron chi connectivity index (χ2n) is 13.7. The third-order valence-corrected chi connectivity index (χ3v) is 10.8. The molecule has 6 aromatic carbocycles. The average molecular weight is 681 g/mol. The lowest BCUT2D eigenvalue weighted by atomic mass is 9.69. The monoisotopic (exact) mass is 680 g/mol. The van der Waals surface area contributed by atoms with Crippen LogP contribution in [0.3, 0.4) is 0 Å². The Morgan fingerprint density at radius 2 is 0.902 bits per heavy atom. The van der Waals surface area contributed by atoms with E-state index in [1.165, 1.54) is 24.3 Å². The van der Waals surface area contributed by atoms with Crippen molar-refractivity contribution >= 4 is 0 Å². The minimum absolute atomic E-state index is 0.0332. The van der Waals surface area contributed by atoms with Crippen LogP contribution in [0.25, 0.3) is 0 Å². The summed E-state index contributed by atoms with van der Waals surface area (Å²) in [6.45, 7) is 0. The number of hydrogen-bond acceptors (Lipinski definition) is 9. The summed E-state index contributed by atoms with van der Waals surface area (Å²) in [5.41, 5.74) is 6.46. The van der Waals surface area contributed by atoms with Crippen molar-refractivity contribution < 1.29 is 45.6 Å². The zero-order valence-electron chi connectivity index (χ0n) is 26.8. The first-order valence-corrected chi connectivity index (χ1v) is 16.6. The Labute approximate surface area is 291 Å². The molecule has 9 heteroatoms. The quantitative estimate of drug-likeness (QED) is 0.0927. The van der Waals surface area contributed by atoms with E-state index in [0.29, 0.717) is 22.4 Å². The first kappa shape index (κ1) is 30.6. The lowest BCUT2D eigenvalue weighted by Gasteiger charge is -2.34. The van der Waals surface area contributed by atoms with Gasteiger partial charge in [-0.05, 0) is 94.0 Å². The van der Waals surface area contributed by atoms with Gasteiger partial charge in [0.1, 0.15) is 57.8 Å². The van der Waals surface area contributed by atoms with Crippen molar-refractivity contribution in [3.8, 4) is 51.7 Å². The maximum absolute atomic E-state index is 12.1. The van der Waals surface area contributed by atoms with E-state index in [0.717, 1.165) is 33.4 Å². The van der Waals surface area contributed by atoms with Crippen LogP contribution >= 0.6 is 0 Å². The minimum atomic E-state index is -0.762. The van der Waals surface area contributed by atoms with Gasteiger partial charge in [0.15, 0.2) is 0 Å². The Hall–Kier alpha value is -6.48. The molecule has 0 saturated heterocycles. The second kappa shape index (κ2) is 11.0. The Bertz CT molecular complexity index is 2330. The number of fused-ring (bicyclic) bond motifs is 2. The van der Waals surface area contributed by atoms with Crippen LogP contribution in [0.5, 0.6) is 51.7 Å². The normalized spacial score (nSPS) is 22.5. The summed E-state index contributed by atoms with van der Waals surface area (Å²) < 4.78 is 6.68. The summed E-state index contributed by atoms with van der Waals surface area (Å²) in [4.78, 5) is 0. The van der Waals surface area contributed by atoms with Crippen LogP contribution in [0.2, 0.25) is 0 Å². The standard InChI is InChI=1S/C42H32O9/c43-23-5-1-19(2-6-23)34-31-17-25(45)9-10-30(31)37-39-33(51-42(37)22-13-28(48)16-29(49)14-22)18-32(50)38-36(21-11-26(46)15-27(47)12-21)35(40(34)41(38)39)20-3-7-24(44)8-4-20/h1-18,34-37,40,42-50H/t34-,35-,36+,37+,40-,42+/m0/s1. The highest BCUT2D eigenvalue weighted by Gasteiger charge is 2.55. The summed E-state index contributed by atoms with van der Waals surface area (Å²) in [5.74, 6) is -2.65. The SMILES string of the molecule is Oc1ccc([C@H]2c3cc(O)ccc3[C@@H]3c4c(cc(O)c5c4[C@@H]2[C@@H](c2ccc(O)cc2)[C@H]5c2cc(O)cc(O)c2)O[C@@H]3c2cc(O)cc(O)c2)cc1. The van der Waals surface area contributed by atoms with Gasteiger partial charge in [-0.15, -0.1) is 0 Å². The molecule has 0 fully saturated rings. The number of benzene rings is 6. The van der Waals surface area contributed by atoms with Crippen LogP contribution in [0.4, 0.5) is 0 Å². The van der Waals surface area contributed by atoms with E-state index in [1.807, 2.05) is 30.3 Å². The molecule has 2 aliphatic carbocycles. The maximum atomic E-state index is 12.1. The van der Waals surface area contributed by atoms with Gasteiger partial charge in [-0.2, -0.15) is 0 Å². The van der Waals surface area contributed by atoms with Crippen LogP contribution in [0.1, 0.15) is 85.8 Å². The van der Waals surface area contributed by atoms with E-state index in [9.17, 15) is 40.9 Å². The second-order valence-corrected chi connectivity index (χ2v) is 13.7. The molecule has 9 nitrogen and oxygen atoms in total. The minimum Gasteiger partial charge on any atom is -0.508 e. The summed E-state index contributed by atoms with van der Waals surface area (Å²) in [6, 6.07) is 29.2. The van der Waals surface area contributed by atoms with Crippen LogP contribution in [-0.4, -0.2) is 40.9 Å². The molecule has 0 unspecified atom stereocenters. The number of ether oxygens (including phenoxy) is 1. The first-order valence-electron chi connectivity index (χ1n) is 16.6. The van der Waals surface area contributed by atoms with Crippen molar-refractivity contribution in [1.29, 1.82) is 0 Å². The molecule has 254 valence electrons. The van der Waals surface area contributed by atoms with Gasteiger partial charge in [0.2, 0.25) is 0 Å². The lowest BCUT2D eigenvalue weighted by Crippen LogP contribution is -2.20. The zero-order chi connectivity index (χ0) is 35.3. The van der Waals surface area contributed by atoms with Gasteiger partial charge >= 0.3 is 0 Å². The van der Waals surface area contributed by atoms with Crippen LogP contribution in [-0.2, 0) is 0 Å². The fourth-order valence-corrected chi connectivity index (χ4v) is 9.10. The molecule has 3 aliphatic rings. The first-order chi connectivity index (χ1) is 24.5. The number of phenolic OH excluding ortho intramolecular Hbond substituents is 8. The fourth-order valence-electron chi connectivity index (χ4n) is 9.10. The molecule has 0 bridgehead atoms. The highest BCUT2D eigenvalue weighted by molar-refractivity contribution is 5.71. The van der Waals surface area contributed by atoms with Gasteiger partial charge in [-0.25, -0.2) is 0 Å². The summed E-state index contributed by atoms with van der Waals surface area (Å²) >= 11 is 0. The molecule has 9 rings (SSSR count). The molecule has 0 saturated carbocycles. The molecule has 8 N–H and O–H groups in total. The zero-order valence-corrected chi connectivity index (χ0v) is 26.8. The van der Waals surface area contributed by atoms with E-state index in [1.54, 1.807) is 54.6 Å². The number of rotatable bonds is 4. The van der Waals surface area contributed by atoms with Crippen LogP contribution in [0, 0.1) is 0 Å². The molecule has 6 atom stereocenters. The predicted molar refractivity (Wildman–Crippen MR) is 186 cm³/mol. The summed E-state index contributed by atoms with van der Waals surface area (Å²) in [7, 11) is 0. The average Bonchev–Trinajstić information content (AvgIpc) is 3.59. The van der Waals surface area contributed by atoms with E-state index in [2.05, 4.69) is 0 Å².